The van der Waals surface area contributed by atoms with E-state index in [0.29, 0.717) is 6.42 Å². The summed E-state index contributed by atoms with van der Waals surface area (Å²) in [6.07, 6.45) is 1.86. The van der Waals surface area contributed by atoms with Gasteiger partial charge in [0.1, 0.15) is 5.56 Å². The van der Waals surface area contributed by atoms with Gasteiger partial charge in [0.25, 0.3) is 10.0 Å². The fraction of sp³-hybridized carbons (Fsp3) is 0.667. The molecule has 2 atom stereocenters. The van der Waals surface area contributed by atoms with Crippen LogP contribution in [0.15, 0.2) is 11.2 Å². The minimum atomic E-state index is -3.84. The maximum Gasteiger partial charge on any atom is 0.342 e. The molecule has 22 heavy (non-hydrogen) atoms. The van der Waals surface area contributed by atoms with Crippen molar-refractivity contribution < 1.29 is 17.9 Å². The lowest BCUT2D eigenvalue weighted by Gasteiger charge is -2.29. The van der Waals surface area contributed by atoms with Crippen molar-refractivity contribution in [1.82, 2.24) is 20.2 Å². The average Bonchev–Trinajstić information content (AvgIpc) is 2.92. The number of ether oxygens (including phenoxy) is 1. The van der Waals surface area contributed by atoms with Gasteiger partial charge in [0, 0.05) is 6.04 Å². The van der Waals surface area contributed by atoms with Crippen LogP contribution < -0.4 is 10.0 Å². The molecule has 10 heteroatoms. The largest absolute Gasteiger partial charge is 0.462 e. The summed E-state index contributed by atoms with van der Waals surface area (Å²) in [5.74, 6) is -0.535. The number of esters is 1. The highest BCUT2D eigenvalue weighted by Gasteiger charge is 2.31. The SMILES string of the molecule is CCOC(=O)c1cn[nH]c1S(=O)(=O)NC1CCNCC1C.Cl. The van der Waals surface area contributed by atoms with Crippen LogP contribution in [0.4, 0.5) is 0 Å². The Morgan fingerprint density at radius 2 is 2.27 bits per heavy atom. The lowest BCUT2D eigenvalue weighted by atomic mass is 9.97. The molecular formula is C12H21ClN4O4S. The van der Waals surface area contributed by atoms with Gasteiger partial charge >= 0.3 is 5.97 Å². The molecule has 1 aliphatic rings. The van der Waals surface area contributed by atoms with Crippen molar-refractivity contribution in [1.29, 1.82) is 0 Å². The number of hydrogen-bond donors (Lipinski definition) is 3. The minimum absolute atomic E-state index is 0. The molecule has 1 fully saturated rings. The maximum atomic E-state index is 12.4. The monoisotopic (exact) mass is 352 g/mol. The van der Waals surface area contributed by atoms with Crippen molar-refractivity contribution in [2.24, 2.45) is 5.92 Å². The summed E-state index contributed by atoms with van der Waals surface area (Å²) in [5, 5.41) is 8.98. The Bertz CT molecular complexity index is 604. The first kappa shape index (κ1) is 18.9. The van der Waals surface area contributed by atoms with Crippen LogP contribution in [0.5, 0.6) is 0 Å². The topological polar surface area (TPSA) is 113 Å². The zero-order valence-corrected chi connectivity index (χ0v) is 14.1. The van der Waals surface area contributed by atoms with Gasteiger partial charge in [-0.3, -0.25) is 5.10 Å². The number of sulfonamides is 1. The van der Waals surface area contributed by atoms with Crippen LogP contribution in [-0.4, -0.2) is 50.3 Å². The van der Waals surface area contributed by atoms with Gasteiger partial charge in [0.15, 0.2) is 5.03 Å². The van der Waals surface area contributed by atoms with Crippen molar-refractivity contribution in [2.75, 3.05) is 19.7 Å². The molecule has 0 radical (unpaired) electrons. The van der Waals surface area contributed by atoms with Crippen molar-refractivity contribution in [2.45, 2.75) is 31.3 Å². The van der Waals surface area contributed by atoms with Crippen molar-refractivity contribution in [3.63, 3.8) is 0 Å². The lowest BCUT2D eigenvalue weighted by molar-refractivity contribution is 0.0522. The third-order valence-corrected chi connectivity index (χ3v) is 4.92. The third-order valence-electron chi connectivity index (χ3n) is 3.46. The van der Waals surface area contributed by atoms with Crippen LogP contribution in [0.3, 0.4) is 0 Å². The van der Waals surface area contributed by atoms with Crippen molar-refractivity contribution >= 4 is 28.4 Å². The van der Waals surface area contributed by atoms with E-state index in [-0.39, 0.29) is 41.6 Å². The molecule has 0 aliphatic carbocycles. The Hall–Kier alpha value is -1.16. The van der Waals surface area contributed by atoms with Crippen LogP contribution >= 0.6 is 12.4 Å². The van der Waals surface area contributed by atoms with Crippen molar-refractivity contribution in [3.8, 4) is 0 Å². The van der Waals surface area contributed by atoms with Gasteiger partial charge in [-0.2, -0.15) is 5.10 Å². The van der Waals surface area contributed by atoms with Gasteiger partial charge < -0.3 is 10.1 Å². The van der Waals surface area contributed by atoms with Crippen molar-refractivity contribution in [3.05, 3.63) is 11.8 Å². The van der Waals surface area contributed by atoms with E-state index in [0.717, 1.165) is 13.1 Å². The second kappa shape index (κ2) is 7.91. The summed E-state index contributed by atoms with van der Waals surface area (Å²) in [7, 11) is -3.84. The van der Waals surface area contributed by atoms with Crippen LogP contribution in [0.1, 0.15) is 30.6 Å². The first-order valence-electron chi connectivity index (χ1n) is 6.89. The maximum absolute atomic E-state index is 12.4. The molecule has 1 aromatic heterocycles. The molecule has 2 rings (SSSR count). The number of nitrogens with zero attached hydrogens (tertiary/aromatic N) is 1. The fourth-order valence-corrected chi connectivity index (χ4v) is 3.75. The molecule has 2 unspecified atom stereocenters. The first-order chi connectivity index (χ1) is 9.95. The number of aromatic amines is 1. The summed E-state index contributed by atoms with van der Waals surface area (Å²) in [6.45, 7) is 5.30. The molecule has 1 aromatic rings. The molecule has 0 saturated carbocycles. The Kier molecular flexibility index (Phi) is 6.79. The first-order valence-corrected chi connectivity index (χ1v) is 8.37. The highest BCUT2D eigenvalue weighted by atomic mass is 35.5. The Morgan fingerprint density at radius 3 is 2.91 bits per heavy atom. The zero-order chi connectivity index (χ0) is 15.5. The molecule has 3 N–H and O–H groups in total. The third kappa shape index (κ3) is 4.19. The Balaban J connectivity index is 0.00000242. The summed E-state index contributed by atoms with van der Waals surface area (Å²) in [4.78, 5) is 11.7. The zero-order valence-electron chi connectivity index (χ0n) is 12.5. The van der Waals surface area contributed by atoms with E-state index in [9.17, 15) is 13.2 Å². The van der Waals surface area contributed by atoms with Crippen LogP contribution in [-0.2, 0) is 14.8 Å². The van der Waals surface area contributed by atoms with Gasteiger partial charge in [-0.15, -0.1) is 12.4 Å². The van der Waals surface area contributed by atoms with E-state index in [4.69, 9.17) is 4.74 Å². The highest BCUT2D eigenvalue weighted by Crippen LogP contribution is 2.17. The molecule has 0 spiro atoms. The van der Waals surface area contributed by atoms with Gasteiger partial charge in [0.2, 0.25) is 0 Å². The fourth-order valence-electron chi connectivity index (χ4n) is 2.28. The number of aromatic nitrogens is 2. The number of H-pyrrole nitrogens is 1. The molecule has 126 valence electrons. The van der Waals surface area contributed by atoms with Crippen LogP contribution in [0, 0.1) is 5.92 Å². The standard InChI is InChI=1S/C12H20N4O4S.ClH/c1-3-20-12(17)9-7-14-15-11(9)21(18,19)16-10-4-5-13-6-8(10)2;/h7-8,10,13,16H,3-6H2,1-2H3,(H,14,15);1H. The molecule has 2 heterocycles. The molecular weight excluding hydrogens is 332 g/mol. The summed E-state index contributed by atoms with van der Waals surface area (Å²) in [6, 6.07) is -0.172. The summed E-state index contributed by atoms with van der Waals surface area (Å²) in [5.41, 5.74) is -0.0778. The number of halogens is 1. The summed E-state index contributed by atoms with van der Waals surface area (Å²) < 4.78 is 32.3. The number of nitrogens with one attached hydrogen (secondary N) is 3. The van der Waals surface area contributed by atoms with Gasteiger partial charge in [-0.1, -0.05) is 6.92 Å². The molecule has 0 amide bonds. The van der Waals surface area contributed by atoms with E-state index >= 15 is 0 Å². The highest BCUT2D eigenvalue weighted by molar-refractivity contribution is 7.89. The van der Waals surface area contributed by atoms with Gasteiger partial charge in [-0.05, 0) is 32.4 Å². The second-order valence-electron chi connectivity index (χ2n) is 5.03. The Labute approximate surface area is 135 Å². The van der Waals surface area contributed by atoms with Gasteiger partial charge in [-0.25, -0.2) is 17.9 Å². The second-order valence-corrected chi connectivity index (χ2v) is 6.68. The predicted octanol–water partition coefficient (Wildman–Crippen LogP) is 0.285. The molecule has 0 bridgehead atoms. The number of piperidine rings is 1. The van der Waals surface area contributed by atoms with E-state index in [1.807, 2.05) is 6.92 Å². The van der Waals surface area contributed by atoms with E-state index in [1.54, 1.807) is 6.92 Å². The van der Waals surface area contributed by atoms with E-state index in [1.165, 1.54) is 6.20 Å². The molecule has 1 aliphatic heterocycles. The number of carbonyl (C=O) groups is 1. The lowest BCUT2D eigenvalue weighted by Crippen LogP contribution is -2.48. The Morgan fingerprint density at radius 1 is 1.55 bits per heavy atom. The molecule has 1 saturated heterocycles. The average molecular weight is 353 g/mol. The summed E-state index contributed by atoms with van der Waals surface area (Å²) >= 11 is 0. The van der Waals surface area contributed by atoms with Gasteiger partial charge in [0.05, 0.1) is 12.8 Å². The quantitative estimate of drug-likeness (QED) is 0.656. The molecule has 0 aromatic carbocycles. The number of hydrogen-bond acceptors (Lipinski definition) is 6. The number of carbonyl (C=O) groups excluding carboxylic acids is 1. The smallest absolute Gasteiger partial charge is 0.342 e. The number of rotatable bonds is 5. The normalized spacial score (nSPS) is 21.9. The van der Waals surface area contributed by atoms with Crippen LogP contribution in [0.2, 0.25) is 0 Å². The van der Waals surface area contributed by atoms with E-state index < -0.39 is 16.0 Å². The van der Waals surface area contributed by atoms with E-state index in [2.05, 4.69) is 20.2 Å². The molecule has 8 nitrogen and oxygen atoms in total. The predicted molar refractivity (Wildman–Crippen MR) is 82.6 cm³/mol. The minimum Gasteiger partial charge on any atom is -0.462 e. The van der Waals surface area contributed by atoms with Crippen LogP contribution in [0.25, 0.3) is 0 Å².